The van der Waals surface area contributed by atoms with Crippen molar-refractivity contribution in [1.82, 2.24) is 19.8 Å². The molecule has 148 valence electrons. The number of alkyl halides is 3. The van der Waals surface area contributed by atoms with Gasteiger partial charge in [-0.3, -0.25) is 0 Å². The first-order valence-corrected chi connectivity index (χ1v) is 8.63. The van der Waals surface area contributed by atoms with Crippen LogP contribution in [0, 0.1) is 6.92 Å². The minimum absolute atomic E-state index is 0.0157. The predicted octanol–water partition coefficient (Wildman–Crippen LogP) is 3.43. The molecule has 0 bridgehead atoms. The maximum atomic E-state index is 13.6. The van der Waals surface area contributed by atoms with Crippen molar-refractivity contribution in [1.29, 1.82) is 0 Å². The minimum Gasteiger partial charge on any atom is -0.489 e. The summed E-state index contributed by atoms with van der Waals surface area (Å²) in [5.41, 5.74) is 0.200. The average molecular weight is 392 g/mol. The number of tetrazole rings is 1. The van der Waals surface area contributed by atoms with Crippen LogP contribution in [0.5, 0.6) is 5.75 Å². The van der Waals surface area contributed by atoms with Crippen molar-refractivity contribution < 1.29 is 17.9 Å². The van der Waals surface area contributed by atoms with Crippen molar-refractivity contribution in [3.63, 3.8) is 0 Å². The van der Waals surface area contributed by atoms with Crippen LogP contribution in [0.2, 0.25) is 0 Å². The molecule has 0 radical (unpaired) electrons. The molecule has 6 nitrogen and oxygen atoms in total. The van der Waals surface area contributed by atoms with Crippen molar-refractivity contribution in [3.8, 4) is 11.4 Å². The third kappa shape index (κ3) is 3.78. The van der Waals surface area contributed by atoms with Gasteiger partial charge in [-0.1, -0.05) is 30.7 Å². The molecule has 0 spiro atoms. The summed E-state index contributed by atoms with van der Waals surface area (Å²) in [6, 6.07) is 9.07. The summed E-state index contributed by atoms with van der Waals surface area (Å²) >= 11 is 0. The van der Waals surface area contributed by atoms with Crippen LogP contribution in [0.3, 0.4) is 0 Å². The van der Waals surface area contributed by atoms with E-state index < -0.39 is 17.4 Å². The zero-order valence-corrected chi connectivity index (χ0v) is 15.6. The Morgan fingerprint density at radius 1 is 1.14 bits per heavy atom. The van der Waals surface area contributed by atoms with Crippen LogP contribution in [0.1, 0.15) is 29.2 Å². The number of aryl methyl sites for hydroxylation is 3. The average Bonchev–Trinajstić information content (AvgIpc) is 2.98. The van der Waals surface area contributed by atoms with Crippen molar-refractivity contribution in [2.45, 2.75) is 33.1 Å². The molecule has 28 heavy (non-hydrogen) atoms. The van der Waals surface area contributed by atoms with Crippen molar-refractivity contribution in [3.05, 3.63) is 69.1 Å². The monoisotopic (exact) mass is 392 g/mol. The molecule has 0 fully saturated rings. The van der Waals surface area contributed by atoms with Crippen LogP contribution in [0.25, 0.3) is 5.69 Å². The fraction of sp³-hybridized carbons (Fsp3) is 0.316. The second-order valence-electron chi connectivity index (χ2n) is 6.35. The Morgan fingerprint density at radius 3 is 2.50 bits per heavy atom. The largest absolute Gasteiger partial charge is 0.489 e. The molecule has 0 aliphatic carbocycles. The quantitative estimate of drug-likeness (QED) is 0.667. The molecule has 9 heteroatoms. The molecular formula is C19H19F3N4O2. The molecular weight excluding hydrogens is 373 g/mol. The molecule has 0 N–H and O–H groups in total. The van der Waals surface area contributed by atoms with E-state index in [4.69, 9.17) is 4.74 Å². The van der Waals surface area contributed by atoms with E-state index in [-0.39, 0.29) is 17.9 Å². The van der Waals surface area contributed by atoms with E-state index in [2.05, 4.69) is 10.4 Å². The Labute approximate surface area is 159 Å². The summed E-state index contributed by atoms with van der Waals surface area (Å²) in [5.74, 6) is 0.502. The van der Waals surface area contributed by atoms with E-state index in [0.717, 1.165) is 26.6 Å². The third-order valence-electron chi connectivity index (χ3n) is 4.38. The minimum atomic E-state index is -4.61. The lowest BCUT2D eigenvalue weighted by Crippen LogP contribution is -2.24. The Balaban J connectivity index is 2.08. The number of hydrogen-bond acceptors (Lipinski definition) is 4. The Hall–Kier alpha value is -3.10. The Bertz CT molecular complexity index is 1050. The maximum absolute atomic E-state index is 13.6. The van der Waals surface area contributed by atoms with E-state index in [1.54, 1.807) is 6.07 Å². The molecule has 1 aromatic heterocycles. The van der Waals surface area contributed by atoms with Gasteiger partial charge in [0.15, 0.2) is 0 Å². The molecule has 0 saturated heterocycles. The highest BCUT2D eigenvalue weighted by molar-refractivity contribution is 5.47. The first kappa shape index (κ1) is 19.7. The van der Waals surface area contributed by atoms with E-state index in [0.29, 0.717) is 12.2 Å². The van der Waals surface area contributed by atoms with E-state index in [1.807, 2.05) is 26.0 Å². The Morgan fingerprint density at radius 2 is 1.89 bits per heavy atom. The summed E-state index contributed by atoms with van der Waals surface area (Å²) in [5, 5.41) is 7.24. The van der Waals surface area contributed by atoms with Gasteiger partial charge in [0.2, 0.25) is 0 Å². The highest BCUT2D eigenvalue weighted by Gasteiger charge is 2.35. The summed E-state index contributed by atoms with van der Waals surface area (Å²) in [7, 11) is 1.37. The summed E-state index contributed by atoms with van der Waals surface area (Å²) in [4.78, 5) is 12.2. The van der Waals surface area contributed by atoms with E-state index >= 15 is 0 Å². The van der Waals surface area contributed by atoms with Gasteiger partial charge in [-0.25, -0.2) is 4.79 Å². The number of aromatic nitrogens is 4. The first-order chi connectivity index (χ1) is 13.2. The summed E-state index contributed by atoms with van der Waals surface area (Å²) in [6.07, 6.45) is -3.93. The van der Waals surface area contributed by atoms with Crippen LogP contribution in [-0.2, 0) is 26.3 Å². The highest BCUT2D eigenvalue weighted by atomic mass is 19.4. The number of halogens is 3. The fourth-order valence-electron chi connectivity index (χ4n) is 2.93. The number of hydrogen-bond donors (Lipinski definition) is 0. The van der Waals surface area contributed by atoms with Gasteiger partial charge in [-0.2, -0.15) is 22.5 Å². The molecule has 0 saturated carbocycles. The summed E-state index contributed by atoms with van der Waals surface area (Å²) in [6.45, 7) is 3.50. The number of ether oxygens (including phenoxy) is 1. The second kappa shape index (κ2) is 7.49. The Kier molecular flexibility index (Phi) is 5.26. The molecule has 0 aliphatic rings. The van der Waals surface area contributed by atoms with Crippen LogP contribution in [0.4, 0.5) is 13.2 Å². The molecule has 0 aliphatic heterocycles. The molecule has 3 rings (SSSR count). The van der Waals surface area contributed by atoms with E-state index in [9.17, 15) is 18.0 Å². The van der Waals surface area contributed by atoms with Gasteiger partial charge in [-0.05, 0) is 47.5 Å². The van der Waals surface area contributed by atoms with Gasteiger partial charge >= 0.3 is 11.9 Å². The van der Waals surface area contributed by atoms with Crippen molar-refractivity contribution in [2.75, 3.05) is 0 Å². The van der Waals surface area contributed by atoms with Crippen molar-refractivity contribution in [2.24, 2.45) is 7.05 Å². The SMILES string of the molecule is CCc1cc(C)ccc1OCc1c(-n2nnn(C)c2=O)cccc1C(F)(F)F. The predicted molar refractivity (Wildman–Crippen MR) is 96.5 cm³/mol. The topological polar surface area (TPSA) is 61.9 Å². The number of rotatable bonds is 5. The van der Waals surface area contributed by atoms with Gasteiger partial charge in [0.25, 0.3) is 0 Å². The van der Waals surface area contributed by atoms with Crippen molar-refractivity contribution >= 4 is 0 Å². The standard InChI is InChI=1S/C19H19F3N4O2/c1-4-13-10-12(2)8-9-17(13)28-11-14-15(19(20,21)22)6-5-7-16(14)26-18(27)25(3)23-24-26/h5-10H,4,11H2,1-3H3. The normalized spacial score (nSPS) is 11.6. The van der Waals surface area contributed by atoms with Gasteiger partial charge in [-0.15, -0.1) is 0 Å². The smallest absolute Gasteiger partial charge is 0.416 e. The molecule has 1 heterocycles. The van der Waals surface area contributed by atoms with Gasteiger partial charge in [0.1, 0.15) is 12.4 Å². The lowest BCUT2D eigenvalue weighted by Gasteiger charge is -2.18. The fourth-order valence-corrected chi connectivity index (χ4v) is 2.93. The van der Waals surface area contributed by atoms with Gasteiger partial charge < -0.3 is 4.74 Å². The molecule has 0 amide bonds. The first-order valence-electron chi connectivity index (χ1n) is 8.63. The van der Waals surface area contributed by atoms with E-state index in [1.165, 1.54) is 19.2 Å². The molecule has 0 atom stereocenters. The van der Waals surface area contributed by atoms with Gasteiger partial charge in [0.05, 0.1) is 11.3 Å². The highest BCUT2D eigenvalue weighted by Crippen LogP contribution is 2.35. The second-order valence-corrected chi connectivity index (χ2v) is 6.35. The molecule has 0 unspecified atom stereocenters. The zero-order chi connectivity index (χ0) is 20.5. The maximum Gasteiger partial charge on any atom is 0.416 e. The van der Waals surface area contributed by atoms with Gasteiger partial charge in [0, 0.05) is 12.6 Å². The zero-order valence-electron chi connectivity index (χ0n) is 15.6. The summed E-state index contributed by atoms with van der Waals surface area (Å²) < 4.78 is 48.3. The lowest BCUT2D eigenvalue weighted by molar-refractivity contribution is -0.138. The third-order valence-corrected chi connectivity index (χ3v) is 4.38. The lowest BCUT2D eigenvalue weighted by atomic mass is 10.0. The molecule has 2 aromatic carbocycles. The number of nitrogens with zero attached hydrogens (tertiary/aromatic N) is 4. The van der Waals surface area contributed by atoms with Crippen LogP contribution in [0.15, 0.2) is 41.2 Å². The van der Waals surface area contributed by atoms with Crippen LogP contribution >= 0.6 is 0 Å². The van der Waals surface area contributed by atoms with Crippen LogP contribution in [-0.4, -0.2) is 19.8 Å². The van der Waals surface area contributed by atoms with Crippen LogP contribution < -0.4 is 10.4 Å². The molecule has 3 aromatic rings. The number of benzene rings is 2.